The van der Waals surface area contributed by atoms with E-state index in [0.29, 0.717) is 0 Å². The molecule has 0 bridgehead atoms. The van der Waals surface area contributed by atoms with Crippen LogP contribution in [0.1, 0.15) is 27.3 Å². The molecule has 150 valence electrons. The normalized spacial score (nSPS) is 11.4. The number of para-hydroxylation sites is 1. The molecule has 6 nitrogen and oxygen atoms in total. The van der Waals surface area contributed by atoms with Crippen LogP contribution in [0.2, 0.25) is 0 Å². The number of aromatic nitrogens is 2. The molecule has 3 rings (SSSR count). The van der Waals surface area contributed by atoms with Gasteiger partial charge in [-0.1, -0.05) is 18.2 Å². The maximum atomic E-state index is 14.1. The zero-order valence-electron chi connectivity index (χ0n) is 16.3. The Balaban J connectivity index is 1.88. The molecule has 1 aromatic heterocycles. The topological polar surface area (TPSA) is 71.3 Å². The van der Waals surface area contributed by atoms with Crippen LogP contribution in [-0.4, -0.2) is 21.6 Å². The number of halogens is 2. The van der Waals surface area contributed by atoms with Gasteiger partial charge in [-0.2, -0.15) is 5.10 Å². The first-order valence-electron chi connectivity index (χ1n) is 8.97. The standard InChI is InChI=1S/C21H21F2N5O/c1-13-17(14(2)28(3)27-13)12-24-21(25-19-10-5-4-9-18(19)23)26-20(29)15-7-6-8-16(22)11-15/h4-11H,12H2,1-3H3,(H2,24,25,26,29). The lowest BCUT2D eigenvalue weighted by molar-refractivity contribution is 0.0976. The van der Waals surface area contributed by atoms with Gasteiger partial charge < -0.3 is 5.32 Å². The summed E-state index contributed by atoms with van der Waals surface area (Å²) in [5.74, 6) is -1.53. The molecule has 0 atom stereocenters. The molecule has 2 aromatic carbocycles. The van der Waals surface area contributed by atoms with E-state index in [0.717, 1.165) is 23.0 Å². The van der Waals surface area contributed by atoms with Gasteiger partial charge in [-0.25, -0.2) is 13.8 Å². The Morgan fingerprint density at radius 3 is 2.55 bits per heavy atom. The Morgan fingerprint density at radius 1 is 1.14 bits per heavy atom. The molecule has 0 radical (unpaired) electrons. The van der Waals surface area contributed by atoms with Crippen LogP contribution in [0.4, 0.5) is 14.5 Å². The highest BCUT2D eigenvalue weighted by Crippen LogP contribution is 2.15. The molecule has 0 spiro atoms. The van der Waals surface area contributed by atoms with Crippen LogP contribution in [-0.2, 0) is 13.6 Å². The number of carbonyl (C=O) groups excluding carboxylic acids is 1. The molecule has 0 aliphatic heterocycles. The predicted molar refractivity (Wildman–Crippen MR) is 108 cm³/mol. The summed E-state index contributed by atoms with van der Waals surface area (Å²) in [6, 6.07) is 11.3. The van der Waals surface area contributed by atoms with E-state index in [1.165, 1.54) is 30.3 Å². The van der Waals surface area contributed by atoms with Gasteiger partial charge in [0.1, 0.15) is 11.6 Å². The van der Waals surface area contributed by atoms with E-state index < -0.39 is 17.5 Å². The second-order valence-electron chi connectivity index (χ2n) is 6.51. The smallest absolute Gasteiger partial charge is 0.258 e. The van der Waals surface area contributed by atoms with E-state index in [2.05, 4.69) is 20.7 Å². The first kappa shape index (κ1) is 20.2. The largest absolute Gasteiger partial charge is 0.323 e. The molecule has 0 unspecified atom stereocenters. The highest BCUT2D eigenvalue weighted by atomic mass is 19.1. The van der Waals surface area contributed by atoms with Gasteiger partial charge in [-0.05, 0) is 44.2 Å². The molecular formula is C21H21F2N5O. The number of benzene rings is 2. The van der Waals surface area contributed by atoms with Gasteiger partial charge in [0.2, 0.25) is 5.96 Å². The average molecular weight is 397 g/mol. The Morgan fingerprint density at radius 2 is 1.90 bits per heavy atom. The highest BCUT2D eigenvalue weighted by Gasteiger charge is 2.13. The van der Waals surface area contributed by atoms with Crippen molar-refractivity contribution in [2.24, 2.45) is 12.0 Å². The number of aliphatic imine (C=N–C) groups is 1. The van der Waals surface area contributed by atoms with Crippen LogP contribution in [0.3, 0.4) is 0 Å². The number of guanidine groups is 1. The summed E-state index contributed by atoms with van der Waals surface area (Å²) in [6.45, 7) is 4.01. The van der Waals surface area contributed by atoms with Crippen molar-refractivity contribution in [1.82, 2.24) is 15.1 Å². The van der Waals surface area contributed by atoms with Crippen LogP contribution in [0.5, 0.6) is 0 Å². The first-order chi connectivity index (χ1) is 13.8. The fourth-order valence-electron chi connectivity index (χ4n) is 2.81. The minimum Gasteiger partial charge on any atom is -0.323 e. The molecule has 1 amide bonds. The number of carbonyl (C=O) groups is 1. The Kier molecular flexibility index (Phi) is 6.01. The predicted octanol–water partition coefficient (Wildman–Crippen LogP) is 3.71. The van der Waals surface area contributed by atoms with Crippen LogP contribution >= 0.6 is 0 Å². The first-order valence-corrected chi connectivity index (χ1v) is 8.97. The van der Waals surface area contributed by atoms with Crippen molar-refractivity contribution in [2.75, 3.05) is 5.32 Å². The van der Waals surface area contributed by atoms with Gasteiger partial charge in [0.05, 0.1) is 17.9 Å². The SMILES string of the molecule is Cc1nn(C)c(C)c1CN=C(NC(=O)c1cccc(F)c1)Nc1ccccc1F. The maximum absolute atomic E-state index is 14.1. The Bertz CT molecular complexity index is 1070. The summed E-state index contributed by atoms with van der Waals surface area (Å²) in [5.41, 5.74) is 2.94. The number of rotatable bonds is 4. The molecule has 1 heterocycles. The highest BCUT2D eigenvalue weighted by molar-refractivity contribution is 6.09. The molecule has 29 heavy (non-hydrogen) atoms. The van der Waals surface area contributed by atoms with Gasteiger partial charge >= 0.3 is 0 Å². The van der Waals surface area contributed by atoms with Gasteiger partial charge in [-0.3, -0.25) is 14.8 Å². The summed E-state index contributed by atoms with van der Waals surface area (Å²) in [5, 5.41) is 9.74. The Labute approximate surface area is 167 Å². The third kappa shape index (κ3) is 4.84. The van der Waals surface area contributed by atoms with E-state index >= 15 is 0 Å². The van der Waals surface area contributed by atoms with Gasteiger partial charge in [0.25, 0.3) is 5.91 Å². The van der Waals surface area contributed by atoms with E-state index in [1.807, 2.05) is 20.9 Å². The summed E-state index contributed by atoms with van der Waals surface area (Å²) in [6.07, 6.45) is 0. The number of nitrogens with zero attached hydrogens (tertiary/aromatic N) is 3. The number of anilines is 1. The molecule has 3 aromatic rings. The quantitative estimate of drug-likeness (QED) is 0.521. The minimum atomic E-state index is -0.563. The lowest BCUT2D eigenvalue weighted by atomic mass is 10.2. The lowest BCUT2D eigenvalue weighted by Gasteiger charge is -2.13. The second-order valence-corrected chi connectivity index (χ2v) is 6.51. The summed E-state index contributed by atoms with van der Waals surface area (Å²) >= 11 is 0. The van der Waals surface area contributed by atoms with E-state index in [1.54, 1.807) is 16.8 Å². The fraction of sp³-hybridized carbons (Fsp3) is 0.190. The monoisotopic (exact) mass is 397 g/mol. The third-order valence-electron chi connectivity index (χ3n) is 4.50. The van der Waals surface area contributed by atoms with Crippen molar-refractivity contribution < 1.29 is 13.6 Å². The van der Waals surface area contributed by atoms with Gasteiger partial charge in [0, 0.05) is 23.9 Å². The van der Waals surface area contributed by atoms with Crippen molar-refractivity contribution in [2.45, 2.75) is 20.4 Å². The molecule has 2 N–H and O–H groups in total. The number of nitrogens with one attached hydrogen (secondary N) is 2. The summed E-state index contributed by atoms with van der Waals surface area (Å²) in [4.78, 5) is 16.9. The van der Waals surface area contributed by atoms with Gasteiger partial charge in [0.15, 0.2) is 0 Å². The molecular weight excluding hydrogens is 376 g/mol. The lowest BCUT2D eigenvalue weighted by Crippen LogP contribution is -2.36. The molecule has 0 aliphatic rings. The second kappa shape index (κ2) is 8.64. The molecule has 0 aliphatic carbocycles. The van der Waals surface area contributed by atoms with Crippen molar-refractivity contribution in [3.8, 4) is 0 Å². The molecule has 0 saturated heterocycles. The molecule has 0 saturated carbocycles. The van der Waals surface area contributed by atoms with Crippen LogP contribution in [0.15, 0.2) is 53.5 Å². The third-order valence-corrected chi connectivity index (χ3v) is 4.50. The van der Waals surface area contributed by atoms with E-state index in [4.69, 9.17) is 0 Å². The summed E-state index contributed by atoms with van der Waals surface area (Å²) < 4.78 is 29.3. The zero-order chi connectivity index (χ0) is 21.0. The van der Waals surface area contributed by atoms with E-state index in [9.17, 15) is 13.6 Å². The van der Waals surface area contributed by atoms with Gasteiger partial charge in [-0.15, -0.1) is 0 Å². The number of amides is 1. The average Bonchev–Trinajstić information content (AvgIpc) is 2.93. The van der Waals surface area contributed by atoms with Crippen LogP contribution in [0.25, 0.3) is 0 Å². The number of hydrogen-bond donors (Lipinski definition) is 2. The fourth-order valence-corrected chi connectivity index (χ4v) is 2.81. The van der Waals surface area contributed by atoms with Crippen molar-refractivity contribution in [1.29, 1.82) is 0 Å². The molecule has 8 heteroatoms. The van der Waals surface area contributed by atoms with Crippen LogP contribution < -0.4 is 10.6 Å². The summed E-state index contributed by atoms with van der Waals surface area (Å²) in [7, 11) is 1.83. The number of aryl methyl sites for hydroxylation is 2. The molecule has 0 fully saturated rings. The minimum absolute atomic E-state index is 0.0482. The number of hydrogen-bond acceptors (Lipinski definition) is 3. The van der Waals surface area contributed by atoms with Crippen molar-refractivity contribution in [3.05, 3.63) is 82.7 Å². The van der Waals surface area contributed by atoms with Crippen LogP contribution in [0, 0.1) is 25.5 Å². The van der Waals surface area contributed by atoms with Crippen molar-refractivity contribution >= 4 is 17.6 Å². The zero-order valence-corrected chi connectivity index (χ0v) is 16.3. The Hall–Kier alpha value is -3.55. The maximum Gasteiger partial charge on any atom is 0.258 e. The van der Waals surface area contributed by atoms with Crippen molar-refractivity contribution in [3.63, 3.8) is 0 Å². The van der Waals surface area contributed by atoms with E-state index in [-0.39, 0.29) is 23.8 Å².